The molecule has 0 spiro atoms. The Morgan fingerprint density at radius 1 is 0.953 bits per heavy atom. The molecule has 0 saturated heterocycles. The van der Waals surface area contributed by atoms with E-state index in [1.165, 1.54) is 24.4 Å². The molecule has 0 bridgehead atoms. The van der Waals surface area contributed by atoms with Crippen molar-refractivity contribution in [3.8, 4) is 22.8 Å². The molecule has 12 heteroatoms. The Hall–Kier alpha value is -4.71. The van der Waals surface area contributed by atoms with Gasteiger partial charge in [-0.1, -0.05) is 0 Å². The predicted octanol–water partition coefficient (Wildman–Crippen LogP) is 6.78. The van der Waals surface area contributed by atoms with Crippen LogP contribution in [0.1, 0.15) is 22.3 Å². The molecule has 43 heavy (non-hydrogen) atoms. The normalized spacial score (nSPS) is 11.4. The van der Waals surface area contributed by atoms with E-state index >= 15 is 0 Å². The number of aromatic nitrogens is 2. The molecule has 0 aliphatic rings. The summed E-state index contributed by atoms with van der Waals surface area (Å²) in [5.74, 6) is -0.857. The summed E-state index contributed by atoms with van der Waals surface area (Å²) in [4.78, 5) is 25.5. The van der Waals surface area contributed by atoms with Crippen LogP contribution in [-0.2, 0) is 6.18 Å². The molecule has 0 fully saturated rings. The highest BCUT2D eigenvalue weighted by Gasteiger charge is 2.31. The number of alkyl halides is 3. The van der Waals surface area contributed by atoms with E-state index in [1.807, 2.05) is 19.0 Å². The molecule has 2 heterocycles. The second kappa shape index (κ2) is 13.5. The van der Waals surface area contributed by atoms with Gasteiger partial charge in [0, 0.05) is 38.6 Å². The molecule has 4 rings (SSSR count). The SMILES string of the molecule is CNc1cc(-c2cccnc2Oc2ccc(F)c(C(=O)Nc3cc(C(F)(F)F)ccc3N(C)CCCN(C)C)c2)ccn1. The van der Waals surface area contributed by atoms with Crippen LogP contribution in [0, 0.1) is 5.82 Å². The van der Waals surface area contributed by atoms with Crippen molar-refractivity contribution in [2.24, 2.45) is 0 Å². The van der Waals surface area contributed by atoms with Crippen LogP contribution in [0.25, 0.3) is 11.1 Å². The summed E-state index contributed by atoms with van der Waals surface area (Å²) in [6, 6.07) is 13.8. The fraction of sp³-hybridized carbons (Fsp3) is 0.258. The molecule has 4 aromatic rings. The van der Waals surface area contributed by atoms with Gasteiger partial charge in [-0.05, 0) is 93.3 Å². The quantitative estimate of drug-likeness (QED) is 0.185. The van der Waals surface area contributed by atoms with Crippen LogP contribution in [-0.4, -0.2) is 62.1 Å². The van der Waals surface area contributed by atoms with Crippen molar-refractivity contribution < 1.29 is 27.1 Å². The van der Waals surface area contributed by atoms with Crippen molar-refractivity contribution in [2.45, 2.75) is 12.6 Å². The van der Waals surface area contributed by atoms with E-state index in [0.29, 0.717) is 23.6 Å². The van der Waals surface area contributed by atoms with E-state index in [-0.39, 0.29) is 17.3 Å². The summed E-state index contributed by atoms with van der Waals surface area (Å²) in [5, 5.41) is 5.45. The minimum atomic E-state index is -4.64. The third kappa shape index (κ3) is 7.98. The molecular weight excluding hydrogens is 564 g/mol. The van der Waals surface area contributed by atoms with E-state index in [1.54, 1.807) is 49.5 Å². The molecule has 0 atom stereocenters. The predicted molar refractivity (Wildman–Crippen MR) is 159 cm³/mol. The van der Waals surface area contributed by atoms with Gasteiger partial charge in [0.2, 0.25) is 5.88 Å². The van der Waals surface area contributed by atoms with Crippen molar-refractivity contribution in [3.05, 3.63) is 90.0 Å². The Labute approximate surface area is 247 Å². The molecule has 226 valence electrons. The van der Waals surface area contributed by atoms with Crippen molar-refractivity contribution in [1.29, 1.82) is 0 Å². The van der Waals surface area contributed by atoms with Crippen molar-refractivity contribution in [3.63, 3.8) is 0 Å². The topological polar surface area (TPSA) is 82.6 Å². The summed E-state index contributed by atoms with van der Waals surface area (Å²) in [6.07, 6.45) is -0.749. The lowest BCUT2D eigenvalue weighted by Gasteiger charge is -2.24. The highest BCUT2D eigenvalue weighted by Crippen LogP contribution is 2.36. The minimum Gasteiger partial charge on any atom is -0.438 e. The fourth-order valence-electron chi connectivity index (χ4n) is 4.36. The first-order valence-electron chi connectivity index (χ1n) is 13.4. The Kier molecular flexibility index (Phi) is 9.81. The molecule has 2 aromatic heterocycles. The number of amides is 1. The lowest BCUT2D eigenvalue weighted by atomic mass is 10.1. The van der Waals surface area contributed by atoms with Gasteiger partial charge in [-0.25, -0.2) is 14.4 Å². The molecule has 1 amide bonds. The number of hydrogen-bond acceptors (Lipinski definition) is 7. The van der Waals surface area contributed by atoms with Crippen LogP contribution in [0.4, 0.5) is 34.8 Å². The average Bonchev–Trinajstić information content (AvgIpc) is 2.97. The maximum atomic E-state index is 14.9. The second-order valence-electron chi connectivity index (χ2n) is 10.0. The Morgan fingerprint density at radius 3 is 2.47 bits per heavy atom. The number of carbonyl (C=O) groups is 1. The van der Waals surface area contributed by atoms with E-state index in [4.69, 9.17) is 4.74 Å². The second-order valence-corrected chi connectivity index (χ2v) is 10.0. The molecule has 2 aromatic carbocycles. The van der Waals surface area contributed by atoms with Gasteiger partial charge in [0.25, 0.3) is 5.91 Å². The fourth-order valence-corrected chi connectivity index (χ4v) is 4.36. The van der Waals surface area contributed by atoms with Gasteiger partial charge in [0.1, 0.15) is 17.4 Å². The summed E-state index contributed by atoms with van der Waals surface area (Å²) in [7, 11) is 7.30. The van der Waals surface area contributed by atoms with Crippen LogP contribution >= 0.6 is 0 Å². The summed E-state index contributed by atoms with van der Waals surface area (Å²) in [6.45, 7) is 1.28. The van der Waals surface area contributed by atoms with E-state index in [2.05, 4.69) is 20.6 Å². The molecule has 0 saturated carbocycles. The van der Waals surface area contributed by atoms with E-state index < -0.39 is 29.0 Å². The first kappa shape index (κ1) is 31.2. The van der Waals surface area contributed by atoms with Crippen molar-refractivity contribution >= 4 is 23.1 Å². The molecule has 0 unspecified atom stereocenters. The third-order valence-electron chi connectivity index (χ3n) is 6.58. The lowest BCUT2D eigenvalue weighted by molar-refractivity contribution is -0.137. The number of nitrogens with one attached hydrogen (secondary N) is 2. The van der Waals surface area contributed by atoms with Crippen LogP contribution < -0.4 is 20.3 Å². The molecule has 0 radical (unpaired) electrons. The number of halogens is 4. The Bertz CT molecular complexity index is 1580. The summed E-state index contributed by atoms with van der Waals surface area (Å²) >= 11 is 0. The number of anilines is 3. The number of hydrogen-bond donors (Lipinski definition) is 2. The molecule has 0 aliphatic carbocycles. The van der Waals surface area contributed by atoms with Gasteiger partial charge in [-0.2, -0.15) is 13.2 Å². The lowest BCUT2D eigenvalue weighted by Crippen LogP contribution is -2.25. The van der Waals surface area contributed by atoms with Gasteiger partial charge in [-0.3, -0.25) is 4.79 Å². The standard InChI is InChI=1S/C31H32F4N6O2/c1-36-28-17-20(12-14-37-28)23-7-5-13-38-30(23)43-22-9-10-25(32)24(19-22)29(42)39-26-18-21(31(33,34)35)8-11-27(26)41(4)16-6-15-40(2)3/h5,7-14,17-19H,6,15-16H2,1-4H3,(H,36,37)(H,39,42). The number of pyridine rings is 2. The number of ether oxygens (including phenoxy) is 1. The maximum absolute atomic E-state index is 14.9. The van der Waals surface area contributed by atoms with Gasteiger partial charge in [0.05, 0.1) is 22.5 Å². The highest BCUT2D eigenvalue weighted by atomic mass is 19.4. The largest absolute Gasteiger partial charge is 0.438 e. The summed E-state index contributed by atoms with van der Waals surface area (Å²) in [5.41, 5.74) is 0.310. The van der Waals surface area contributed by atoms with Crippen LogP contribution in [0.3, 0.4) is 0 Å². The number of rotatable bonds is 11. The zero-order chi connectivity index (χ0) is 31.1. The van der Waals surface area contributed by atoms with Crippen LogP contribution in [0.5, 0.6) is 11.6 Å². The molecule has 2 N–H and O–H groups in total. The number of benzene rings is 2. The monoisotopic (exact) mass is 596 g/mol. The molecular formula is C31H32F4N6O2. The number of nitrogens with zero attached hydrogens (tertiary/aromatic N) is 4. The van der Waals surface area contributed by atoms with E-state index in [0.717, 1.165) is 36.7 Å². The average molecular weight is 597 g/mol. The smallest absolute Gasteiger partial charge is 0.416 e. The summed E-state index contributed by atoms with van der Waals surface area (Å²) < 4.78 is 61.5. The van der Waals surface area contributed by atoms with Gasteiger partial charge < -0.3 is 25.2 Å². The van der Waals surface area contributed by atoms with Crippen molar-refractivity contribution in [2.75, 3.05) is 56.8 Å². The van der Waals surface area contributed by atoms with Crippen LogP contribution in [0.2, 0.25) is 0 Å². The molecule has 8 nitrogen and oxygen atoms in total. The highest BCUT2D eigenvalue weighted by molar-refractivity contribution is 6.06. The first-order valence-corrected chi connectivity index (χ1v) is 13.4. The first-order chi connectivity index (χ1) is 20.5. The van der Waals surface area contributed by atoms with Gasteiger partial charge >= 0.3 is 6.18 Å². The van der Waals surface area contributed by atoms with Crippen molar-refractivity contribution in [1.82, 2.24) is 14.9 Å². The zero-order valence-corrected chi connectivity index (χ0v) is 24.2. The Morgan fingerprint density at radius 2 is 1.74 bits per heavy atom. The Balaban J connectivity index is 1.62. The third-order valence-corrected chi connectivity index (χ3v) is 6.58. The zero-order valence-electron chi connectivity index (χ0n) is 24.2. The maximum Gasteiger partial charge on any atom is 0.416 e. The minimum absolute atomic E-state index is 0.0945. The molecule has 0 aliphatic heterocycles. The van der Waals surface area contributed by atoms with Gasteiger partial charge in [0.15, 0.2) is 0 Å². The van der Waals surface area contributed by atoms with Gasteiger partial charge in [-0.15, -0.1) is 0 Å². The number of carbonyl (C=O) groups excluding carboxylic acids is 1. The van der Waals surface area contributed by atoms with E-state index in [9.17, 15) is 22.4 Å². The van der Waals surface area contributed by atoms with Crippen LogP contribution in [0.15, 0.2) is 73.1 Å².